The standard InChI is InChI=1S/C12H8O.C8H6N2/c1-3-7-11-9(5-1)10-6-2-4-8-12(10)13-11;1-3-7-8(9-5-1)4-2-6-10-7/h1-8H;1-6H. The van der Waals surface area contributed by atoms with E-state index in [-0.39, 0.29) is 0 Å². The summed E-state index contributed by atoms with van der Waals surface area (Å²) in [5.41, 5.74) is 3.82. The molecular weight excluding hydrogens is 284 g/mol. The Morgan fingerprint density at radius 3 is 1.52 bits per heavy atom. The van der Waals surface area contributed by atoms with Crippen molar-refractivity contribution in [3.05, 3.63) is 85.2 Å². The summed E-state index contributed by atoms with van der Waals surface area (Å²) in [6.07, 6.45) is 3.54. The van der Waals surface area contributed by atoms with Crippen molar-refractivity contribution in [3.63, 3.8) is 0 Å². The molecule has 0 aliphatic carbocycles. The second kappa shape index (κ2) is 5.89. The van der Waals surface area contributed by atoms with Crippen molar-refractivity contribution >= 4 is 33.0 Å². The Bertz CT molecular complexity index is 967. The van der Waals surface area contributed by atoms with Crippen LogP contribution in [0.2, 0.25) is 0 Å². The number of fused-ring (bicyclic) bond motifs is 4. The van der Waals surface area contributed by atoms with Gasteiger partial charge in [-0.15, -0.1) is 0 Å². The third-order valence-electron chi connectivity index (χ3n) is 3.65. The van der Waals surface area contributed by atoms with E-state index in [2.05, 4.69) is 22.1 Å². The second-order valence-electron chi connectivity index (χ2n) is 5.14. The van der Waals surface area contributed by atoms with Gasteiger partial charge in [-0.2, -0.15) is 0 Å². The number of aromatic nitrogens is 2. The minimum atomic E-state index is 0.949. The Kier molecular flexibility index (Phi) is 3.45. The molecule has 3 heterocycles. The first-order chi connectivity index (χ1) is 11.4. The fraction of sp³-hybridized carbons (Fsp3) is 0. The van der Waals surface area contributed by atoms with Gasteiger partial charge < -0.3 is 4.42 Å². The first-order valence-electron chi connectivity index (χ1n) is 7.44. The van der Waals surface area contributed by atoms with Gasteiger partial charge in [0.05, 0.1) is 11.0 Å². The predicted octanol–water partition coefficient (Wildman–Crippen LogP) is 5.22. The summed E-state index contributed by atoms with van der Waals surface area (Å²) >= 11 is 0. The zero-order chi connectivity index (χ0) is 15.5. The molecule has 0 fully saturated rings. The molecule has 110 valence electrons. The van der Waals surface area contributed by atoms with E-state index in [1.807, 2.05) is 60.7 Å². The summed E-state index contributed by atoms with van der Waals surface area (Å²) in [5, 5.41) is 2.39. The van der Waals surface area contributed by atoms with Crippen LogP contribution in [0.15, 0.2) is 89.6 Å². The van der Waals surface area contributed by atoms with Crippen LogP contribution in [0.5, 0.6) is 0 Å². The molecule has 3 nitrogen and oxygen atoms in total. The van der Waals surface area contributed by atoms with E-state index in [1.165, 1.54) is 10.8 Å². The van der Waals surface area contributed by atoms with Crippen LogP contribution in [0.3, 0.4) is 0 Å². The van der Waals surface area contributed by atoms with Gasteiger partial charge in [0.2, 0.25) is 0 Å². The van der Waals surface area contributed by atoms with Crippen LogP contribution in [-0.4, -0.2) is 9.97 Å². The lowest BCUT2D eigenvalue weighted by Crippen LogP contribution is -1.78. The second-order valence-corrected chi connectivity index (χ2v) is 5.14. The smallest absolute Gasteiger partial charge is 0.135 e. The average molecular weight is 298 g/mol. The fourth-order valence-corrected chi connectivity index (χ4v) is 2.58. The van der Waals surface area contributed by atoms with Gasteiger partial charge in [0, 0.05) is 23.2 Å². The monoisotopic (exact) mass is 298 g/mol. The van der Waals surface area contributed by atoms with Crippen molar-refractivity contribution in [2.24, 2.45) is 0 Å². The molecule has 0 bridgehead atoms. The zero-order valence-electron chi connectivity index (χ0n) is 12.4. The summed E-state index contributed by atoms with van der Waals surface area (Å²) in [6.45, 7) is 0. The van der Waals surface area contributed by atoms with Crippen LogP contribution in [0.1, 0.15) is 0 Å². The first-order valence-corrected chi connectivity index (χ1v) is 7.44. The molecule has 0 atom stereocenters. The Hall–Kier alpha value is -3.20. The van der Waals surface area contributed by atoms with Gasteiger partial charge in [-0.05, 0) is 36.4 Å². The molecule has 23 heavy (non-hydrogen) atoms. The van der Waals surface area contributed by atoms with Crippen molar-refractivity contribution in [3.8, 4) is 0 Å². The lowest BCUT2D eigenvalue weighted by Gasteiger charge is -1.90. The maximum Gasteiger partial charge on any atom is 0.135 e. The van der Waals surface area contributed by atoms with Crippen molar-refractivity contribution < 1.29 is 4.42 Å². The quantitative estimate of drug-likeness (QED) is 0.393. The van der Waals surface area contributed by atoms with Crippen LogP contribution in [0, 0.1) is 0 Å². The molecule has 0 unspecified atom stereocenters. The van der Waals surface area contributed by atoms with Crippen molar-refractivity contribution in [1.29, 1.82) is 0 Å². The molecule has 0 spiro atoms. The highest BCUT2D eigenvalue weighted by molar-refractivity contribution is 6.04. The van der Waals surface area contributed by atoms with Crippen LogP contribution < -0.4 is 0 Å². The fourth-order valence-electron chi connectivity index (χ4n) is 2.58. The summed E-state index contributed by atoms with van der Waals surface area (Å²) < 4.78 is 5.65. The van der Waals surface area contributed by atoms with Gasteiger partial charge in [-0.1, -0.05) is 36.4 Å². The number of pyridine rings is 2. The van der Waals surface area contributed by atoms with E-state index in [4.69, 9.17) is 4.42 Å². The van der Waals surface area contributed by atoms with E-state index in [0.29, 0.717) is 0 Å². The Morgan fingerprint density at radius 1 is 0.522 bits per heavy atom. The number of hydrogen-bond acceptors (Lipinski definition) is 3. The largest absolute Gasteiger partial charge is 0.456 e. The van der Waals surface area contributed by atoms with E-state index in [9.17, 15) is 0 Å². The third-order valence-corrected chi connectivity index (χ3v) is 3.65. The Balaban J connectivity index is 0.000000122. The summed E-state index contributed by atoms with van der Waals surface area (Å²) in [4.78, 5) is 8.24. The topological polar surface area (TPSA) is 38.9 Å². The molecule has 0 saturated heterocycles. The molecule has 0 amide bonds. The molecule has 0 radical (unpaired) electrons. The SMILES string of the molecule is c1ccc2c(c1)oc1ccccc12.c1cnc2cccnc2c1. The molecule has 0 aliphatic heterocycles. The Labute approximate surface area is 133 Å². The highest BCUT2D eigenvalue weighted by Gasteiger charge is 2.03. The predicted molar refractivity (Wildman–Crippen MR) is 93.3 cm³/mol. The molecule has 5 aromatic rings. The molecule has 0 saturated carbocycles. The minimum Gasteiger partial charge on any atom is -0.456 e. The van der Waals surface area contributed by atoms with Gasteiger partial charge in [0.15, 0.2) is 0 Å². The molecule has 5 rings (SSSR count). The van der Waals surface area contributed by atoms with Crippen LogP contribution in [0.25, 0.3) is 33.0 Å². The van der Waals surface area contributed by atoms with Crippen molar-refractivity contribution in [2.45, 2.75) is 0 Å². The molecule has 0 aliphatic rings. The summed E-state index contributed by atoms with van der Waals surface area (Å²) in [5.74, 6) is 0. The molecule has 2 aromatic carbocycles. The normalized spacial score (nSPS) is 10.6. The van der Waals surface area contributed by atoms with E-state index in [1.54, 1.807) is 12.4 Å². The van der Waals surface area contributed by atoms with Gasteiger partial charge in [0.25, 0.3) is 0 Å². The lowest BCUT2D eigenvalue weighted by molar-refractivity contribution is 0.669. The number of furan rings is 1. The Morgan fingerprint density at radius 2 is 1.00 bits per heavy atom. The van der Waals surface area contributed by atoms with Gasteiger partial charge in [-0.25, -0.2) is 0 Å². The number of nitrogens with zero attached hydrogens (tertiary/aromatic N) is 2. The number of benzene rings is 2. The first kappa shape index (κ1) is 13.5. The highest BCUT2D eigenvalue weighted by atomic mass is 16.3. The number of para-hydroxylation sites is 2. The maximum atomic E-state index is 5.65. The van der Waals surface area contributed by atoms with Gasteiger partial charge >= 0.3 is 0 Å². The number of hydrogen-bond donors (Lipinski definition) is 0. The van der Waals surface area contributed by atoms with E-state index >= 15 is 0 Å². The van der Waals surface area contributed by atoms with Crippen molar-refractivity contribution in [1.82, 2.24) is 9.97 Å². The van der Waals surface area contributed by atoms with Crippen LogP contribution in [-0.2, 0) is 0 Å². The summed E-state index contributed by atoms with van der Waals surface area (Å²) in [6, 6.07) is 23.9. The minimum absolute atomic E-state index is 0.949. The van der Waals surface area contributed by atoms with E-state index < -0.39 is 0 Å². The lowest BCUT2D eigenvalue weighted by atomic mass is 10.2. The number of rotatable bonds is 0. The third kappa shape index (κ3) is 2.64. The molecular formula is C20H14N2O. The van der Waals surface area contributed by atoms with Crippen LogP contribution in [0.4, 0.5) is 0 Å². The van der Waals surface area contributed by atoms with Crippen molar-refractivity contribution in [2.75, 3.05) is 0 Å². The highest BCUT2D eigenvalue weighted by Crippen LogP contribution is 2.27. The maximum absolute atomic E-state index is 5.65. The molecule has 3 heteroatoms. The summed E-state index contributed by atoms with van der Waals surface area (Å²) in [7, 11) is 0. The molecule has 0 N–H and O–H groups in total. The zero-order valence-corrected chi connectivity index (χ0v) is 12.4. The molecule has 3 aromatic heterocycles. The van der Waals surface area contributed by atoms with Crippen LogP contribution >= 0.6 is 0 Å². The van der Waals surface area contributed by atoms with Gasteiger partial charge in [-0.3, -0.25) is 9.97 Å². The van der Waals surface area contributed by atoms with E-state index in [0.717, 1.165) is 22.2 Å². The average Bonchev–Trinajstić information content (AvgIpc) is 3.01. The van der Waals surface area contributed by atoms with Gasteiger partial charge in [0.1, 0.15) is 11.2 Å².